The number of aryl methyl sites for hydroxylation is 1. The summed E-state index contributed by atoms with van der Waals surface area (Å²) in [5, 5.41) is 2.80. The molecule has 1 amide bonds. The Morgan fingerprint density at radius 3 is 2.90 bits per heavy atom. The highest BCUT2D eigenvalue weighted by Gasteiger charge is 2.16. The van der Waals surface area contributed by atoms with Crippen molar-refractivity contribution >= 4 is 17.3 Å². The number of carbonyl (C=O) groups is 1. The third kappa shape index (κ3) is 2.88. The van der Waals surface area contributed by atoms with Gasteiger partial charge in [0, 0.05) is 11.9 Å². The number of benzene rings is 1. The van der Waals surface area contributed by atoms with Crippen molar-refractivity contribution < 1.29 is 9.53 Å². The number of pyridine rings is 1. The van der Waals surface area contributed by atoms with E-state index in [1.165, 1.54) is 0 Å². The number of nitrogens with one attached hydrogen (secondary N) is 1. The van der Waals surface area contributed by atoms with Gasteiger partial charge < -0.3 is 15.8 Å². The number of aromatic nitrogens is 1. The number of carbonyl (C=O) groups excluding carboxylic acids is 1. The van der Waals surface area contributed by atoms with Crippen molar-refractivity contribution in [2.75, 3.05) is 17.7 Å². The van der Waals surface area contributed by atoms with Crippen molar-refractivity contribution in [3.63, 3.8) is 0 Å². The molecule has 5 heteroatoms. The third-order valence-electron chi connectivity index (χ3n) is 2.87. The van der Waals surface area contributed by atoms with Crippen LogP contribution in [0.2, 0.25) is 0 Å². The zero-order chi connectivity index (χ0) is 14.5. The molecule has 0 aliphatic rings. The van der Waals surface area contributed by atoms with Crippen molar-refractivity contribution in [3.8, 4) is 5.75 Å². The molecule has 1 aromatic heterocycles. The van der Waals surface area contributed by atoms with Gasteiger partial charge in [-0.1, -0.05) is 6.07 Å². The molecule has 0 radical (unpaired) electrons. The van der Waals surface area contributed by atoms with Crippen LogP contribution in [0, 0.1) is 6.92 Å². The molecule has 0 aliphatic carbocycles. The zero-order valence-corrected chi connectivity index (χ0v) is 11.5. The molecule has 1 aromatic carbocycles. The Balaban J connectivity index is 2.32. The van der Waals surface area contributed by atoms with Crippen LogP contribution in [0.15, 0.2) is 36.7 Å². The number of rotatable bonds is 4. The Bertz CT molecular complexity index is 626. The number of nitrogens with zero attached hydrogens (tertiary/aromatic N) is 1. The fraction of sp³-hybridized carbons (Fsp3) is 0.200. The maximum absolute atomic E-state index is 12.4. The average Bonchev–Trinajstić information content (AvgIpc) is 2.42. The van der Waals surface area contributed by atoms with E-state index in [1.807, 2.05) is 19.9 Å². The summed E-state index contributed by atoms with van der Waals surface area (Å²) in [6.07, 6.45) is 3.28. The minimum absolute atomic E-state index is 0.303. The van der Waals surface area contributed by atoms with Crippen molar-refractivity contribution in [3.05, 3.63) is 47.8 Å². The summed E-state index contributed by atoms with van der Waals surface area (Å²) in [6, 6.07) is 6.98. The SMILES string of the molecule is CCOc1cccc(N)c1C(=O)Nc1cnccc1C. The number of anilines is 2. The van der Waals surface area contributed by atoms with Gasteiger partial charge in [-0.15, -0.1) is 0 Å². The first kappa shape index (κ1) is 13.9. The maximum atomic E-state index is 12.4. The highest BCUT2D eigenvalue weighted by Crippen LogP contribution is 2.26. The van der Waals surface area contributed by atoms with Crippen molar-refractivity contribution in [2.45, 2.75) is 13.8 Å². The van der Waals surface area contributed by atoms with Crippen LogP contribution in [0.4, 0.5) is 11.4 Å². The lowest BCUT2D eigenvalue weighted by Crippen LogP contribution is -2.16. The second kappa shape index (κ2) is 6.06. The van der Waals surface area contributed by atoms with Crippen LogP contribution in [-0.4, -0.2) is 17.5 Å². The fourth-order valence-electron chi connectivity index (χ4n) is 1.85. The molecule has 2 aromatic rings. The fourth-order valence-corrected chi connectivity index (χ4v) is 1.85. The molecule has 0 aliphatic heterocycles. The lowest BCUT2D eigenvalue weighted by atomic mass is 10.1. The van der Waals surface area contributed by atoms with Crippen molar-refractivity contribution in [1.29, 1.82) is 0 Å². The van der Waals surface area contributed by atoms with E-state index in [0.717, 1.165) is 5.56 Å². The van der Waals surface area contributed by atoms with Gasteiger partial charge in [0.1, 0.15) is 11.3 Å². The number of nitrogen functional groups attached to an aromatic ring is 1. The normalized spacial score (nSPS) is 10.1. The Hall–Kier alpha value is -2.56. The smallest absolute Gasteiger partial charge is 0.261 e. The number of nitrogens with two attached hydrogens (primary N) is 1. The predicted octanol–water partition coefficient (Wildman–Crippen LogP) is 2.62. The Morgan fingerprint density at radius 1 is 1.40 bits per heavy atom. The molecule has 0 saturated carbocycles. The van der Waals surface area contributed by atoms with Gasteiger partial charge in [0.2, 0.25) is 0 Å². The molecule has 2 rings (SSSR count). The summed E-state index contributed by atoms with van der Waals surface area (Å²) in [6.45, 7) is 4.22. The molecule has 20 heavy (non-hydrogen) atoms. The quantitative estimate of drug-likeness (QED) is 0.838. The third-order valence-corrected chi connectivity index (χ3v) is 2.87. The summed E-state index contributed by atoms with van der Waals surface area (Å²) >= 11 is 0. The van der Waals surface area contributed by atoms with Crippen molar-refractivity contribution in [2.24, 2.45) is 0 Å². The first-order valence-corrected chi connectivity index (χ1v) is 6.36. The molecular weight excluding hydrogens is 254 g/mol. The van der Waals surface area contributed by atoms with E-state index in [4.69, 9.17) is 10.5 Å². The van der Waals surface area contributed by atoms with E-state index in [-0.39, 0.29) is 5.91 Å². The number of ether oxygens (including phenoxy) is 1. The van der Waals surface area contributed by atoms with E-state index in [9.17, 15) is 4.79 Å². The summed E-state index contributed by atoms with van der Waals surface area (Å²) in [7, 11) is 0. The highest BCUT2D eigenvalue weighted by molar-refractivity contribution is 6.10. The van der Waals surface area contributed by atoms with Gasteiger partial charge in [0.15, 0.2) is 0 Å². The molecule has 0 fully saturated rings. The minimum Gasteiger partial charge on any atom is -0.493 e. The molecule has 3 N–H and O–H groups in total. The Morgan fingerprint density at radius 2 is 2.20 bits per heavy atom. The lowest BCUT2D eigenvalue weighted by molar-refractivity contribution is 0.102. The van der Waals surface area contributed by atoms with Crippen LogP contribution in [0.5, 0.6) is 5.75 Å². The molecular formula is C15H17N3O2. The van der Waals surface area contributed by atoms with Crippen LogP contribution in [0.1, 0.15) is 22.8 Å². The predicted molar refractivity (Wildman–Crippen MR) is 79.0 cm³/mol. The van der Waals surface area contributed by atoms with Gasteiger partial charge in [-0.05, 0) is 37.6 Å². The molecule has 5 nitrogen and oxygen atoms in total. The highest BCUT2D eigenvalue weighted by atomic mass is 16.5. The molecule has 0 bridgehead atoms. The van der Waals surface area contributed by atoms with E-state index in [1.54, 1.807) is 30.6 Å². The van der Waals surface area contributed by atoms with Crippen LogP contribution >= 0.6 is 0 Å². The summed E-state index contributed by atoms with van der Waals surface area (Å²) in [5.41, 5.74) is 8.20. The molecule has 0 atom stereocenters. The first-order chi connectivity index (χ1) is 9.63. The van der Waals surface area contributed by atoms with Gasteiger partial charge in [-0.2, -0.15) is 0 Å². The lowest BCUT2D eigenvalue weighted by Gasteiger charge is -2.13. The molecule has 104 valence electrons. The molecule has 0 saturated heterocycles. The van der Waals surface area contributed by atoms with Gasteiger partial charge in [-0.25, -0.2) is 0 Å². The monoisotopic (exact) mass is 271 g/mol. The number of hydrogen-bond acceptors (Lipinski definition) is 4. The van der Waals surface area contributed by atoms with E-state index < -0.39 is 0 Å². The van der Waals surface area contributed by atoms with Gasteiger partial charge in [0.25, 0.3) is 5.91 Å². The Labute approximate surface area is 117 Å². The van der Waals surface area contributed by atoms with Gasteiger partial charge >= 0.3 is 0 Å². The second-order valence-corrected chi connectivity index (χ2v) is 4.30. The number of amides is 1. The summed E-state index contributed by atoms with van der Waals surface area (Å²) < 4.78 is 5.45. The molecule has 0 unspecified atom stereocenters. The first-order valence-electron chi connectivity index (χ1n) is 6.36. The summed E-state index contributed by atoms with van der Waals surface area (Å²) in [4.78, 5) is 16.4. The van der Waals surface area contributed by atoms with Gasteiger partial charge in [-0.3, -0.25) is 9.78 Å². The molecule has 0 spiro atoms. The minimum atomic E-state index is -0.303. The van der Waals surface area contributed by atoms with Crippen LogP contribution < -0.4 is 15.8 Å². The van der Waals surface area contributed by atoms with E-state index in [0.29, 0.717) is 29.3 Å². The van der Waals surface area contributed by atoms with Crippen LogP contribution in [-0.2, 0) is 0 Å². The zero-order valence-electron chi connectivity index (χ0n) is 11.5. The largest absolute Gasteiger partial charge is 0.493 e. The summed E-state index contributed by atoms with van der Waals surface area (Å²) in [5.74, 6) is 0.175. The van der Waals surface area contributed by atoms with Crippen LogP contribution in [0.3, 0.4) is 0 Å². The van der Waals surface area contributed by atoms with Gasteiger partial charge in [0.05, 0.1) is 18.5 Å². The molecule has 1 heterocycles. The number of hydrogen-bond donors (Lipinski definition) is 2. The second-order valence-electron chi connectivity index (χ2n) is 4.30. The standard InChI is InChI=1S/C15H17N3O2/c1-3-20-13-6-4-5-11(16)14(13)15(19)18-12-9-17-8-7-10(12)2/h4-9H,3,16H2,1-2H3,(H,18,19). The maximum Gasteiger partial charge on any atom is 0.261 e. The van der Waals surface area contributed by atoms with E-state index >= 15 is 0 Å². The average molecular weight is 271 g/mol. The van der Waals surface area contributed by atoms with Crippen molar-refractivity contribution in [1.82, 2.24) is 4.98 Å². The topological polar surface area (TPSA) is 77.2 Å². The van der Waals surface area contributed by atoms with E-state index in [2.05, 4.69) is 10.3 Å². The van der Waals surface area contributed by atoms with Crippen LogP contribution in [0.25, 0.3) is 0 Å². The Kier molecular flexibility index (Phi) is 4.20.